The number of halogens is 1. The lowest BCUT2D eigenvalue weighted by molar-refractivity contribution is 1.03. The minimum absolute atomic E-state index is 0.467. The fraction of sp³-hybridized carbons (Fsp3) is 0.0769. The molecule has 0 radical (unpaired) electrons. The quantitative estimate of drug-likeness (QED) is 0.892. The molecule has 0 spiro atoms. The van der Waals surface area contributed by atoms with Gasteiger partial charge in [0, 0.05) is 21.4 Å². The first-order valence-electron chi connectivity index (χ1n) is 5.01. The molecule has 2 rings (SSSR count). The highest BCUT2D eigenvalue weighted by Crippen LogP contribution is 2.33. The summed E-state index contributed by atoms with van der Waals surface area (Å²) in [4.78, 5) is 2.32. The molecule has 2 N–H and O–H groups in total. The smallest absolute Gasteiger partial charge is 0.0462 e. The van der Waals surface area contributed by atoms with Crippen LogP contribution in [0.3, 0.4) is 0 Å². The Bertz CT molecular complexity index is 471. The van der Waals surface area contributed by atoms with E-state index in [1.54, 1.807) is 11.8 Å². The zero-order valence-electron chi connectivity index (χ0n) is 8.69. The molecule has 0 unspecified atom stereocenters. The lowest BCUT2D eigenvalue weighted by atomic mass is 10.2. The van der Waals surface area contributed by atoms with E-state index in [4.69, 9.17) is 17.3 Å². The maximum atomic E-state index is 6.10. The van der Waals surface area contributed by atoms with Crippen molar-refractivity contribution >= 4 is 23.4 Å². The summed E-state index contributed by atoms with van der Waals surface area (Å²) in [6.07, 6.45) is 0. The summed E-state index contributed by atoms with van der Waals surface area (Å²) >= 11 is 7.79. The van der Waals surface area contributed by atoms with Crippen LogP contribution >= 0.6 is 23.4 Å². The molecule has 1 nitrogen and oxygen atoms in total. The lowest BCUT2D eigenvalue weighted by Gasteiger charge is -2.08. The number of benzene rings is 2. The first-order valence-corrected chi connectivity index (χ1v) is 6.21. The lowest BCUT2D eigenvalue weighted by Crippen LogP contribution is -1.99. The molecule has 0 heterocycles. The van der Waals surface area contributed by atoms with Crippen LogP contribution in [0.4, 0.5) is 0 Å². The molecule has 2 aromatic rings. The Morgan fingerprint density at radius 3 is 2.44 bits per heavy atom. The van der Waals surface area contributed by atoms with Gasteiger partial charge in [0.2, 0.25) is 0 Å². The number of hydrogen-bond donors (Lipinski definition) is 1. The third kappa shape index (κ3) is 2.59. The monoisotopic (exact) mass is 249 g/mol. The van der Waals surface area contributed by atoms with Gasteiger partial charge in [0.15, 0.2) is 0 Å². The van der Waals surface area contributed by atoms with Gasteiger partial charge in [-0.3, -0.25) is 0 Å². The molecule has 2 aromatic carbocycles. The highest BCUT2D eigenvalue weighted by Gasteiger charge is 2.06. The number of hydrogen-bond acceptors (Lipinski definition) is 2. The molecule has 0 saturated carbocycles. The minimum Gasteiger partial charge on any atom is -0.326 e. The molecule has 3 heteroatoms. The Morgan fingerprint density at radius 1 is 1.00 bits per heavy atom. The van der Waals surface area contributed by atoms with Gasteiger partial charge < -0.3 is 5.73 Å². The van der Waals surface area contributed by atoms with E-state index in [1.165, 1.54) is 4.90 Å². The molecule has 82 valence electrons. The van der Waals surface area contributed by atoms with E-state index in [1.807, 2.05) is 36.4 Å². The fourth-order valence-electron chi connectivity index (χ4n) is 1.45. The van der Waals surface area contributed by atoms with Gasteiger partial charge in [-0.1, -0.05) is 47.6 Å². The number of rotatable bonds is 3. The van der Waals surface area contributed by atoms with Crippen LogP contribution in [-0.2, 0) is 6.54 Å². The molecule has 0 aliphatic carbocycles. The van der Waals surface area contributed by atoms with Crippen LogP contribution in [0.5, 0.6) is 0 Å². The molecule has 0 bridgehead atoms. The van der Waals surface area contributed by atoms with E-state index in [0.717, 1.165) is 15.5 Å². The van der Waals surface area contributed by atoms with Crippen LogP contribution in [0, 0.1) is 0 Å². The third-order valence-electron chi connectivity index (χ3n) is 2.25. The Morgan fingerprint density at radius 2 is 1.75 bits per heavy atom. The Hall–Kier alpha value is -0.960. The summed E-state index contributed by atoms with van der Waals surface area (Å²) < 4.78 is 0. The van der Waals surface area contributed by atoms with Crippen molar-refractivity contribution in [2.75, 3.05) is 0 Å². The molecule has 0 fully saturated rings. The van der Waals surface area contributed by atoms with Crippen molar-refractivity contribution in [3.8, 4) is 0 Å². The minimum atomic E-state index is 0.467. The second-order valence-electron chi connectivity index (χ2n) is 3.34. The topological polar surface area (TPSA) is 26.0 Å². The van der Waals surface area contributed by atoms with E-state index in [2.05, 4.69) is 12.1 Å². The predicted molar refractivity (Wildman–Crippen MR) is 69.9 cm³/mol. The molecule has 16 heavy (non-hydrogen) atoms. The summed E-state index contributed by atoms with van der Waals surface area (Å²) in [5.41, 5.74) is 6.72. The van der Waals surface area contributed by atoms with Crippen molar-refractivity contribution in [3.05, 3.63) is 59.1 Å². The molecular formula is C13H12ClNS. The maximum Gasteiger partial charge on any atom is 0.0462 e. The van der Waals surface area contributed by atoms with Crippen LogP contribution in [0.25, 0.3) is 0 Å². The SMILES string of the molecule is NCc1c(Cl)cccc1Sc1ccccc1. The first kappa shape index (κ1) is 11.5. The molecule has 0 amide bonds. The molecule has 0 saturated heterocycles. The molecule has 0 aliphatic rings. The van der Waals surface area contributed by atoms with Gasteiger partial charge in [-0.15, -0.1) is 0 Å². The van der Waals surface area contributed by atoms with E-state index in [0.29, 0.717) is 6.54 Å². The van der Waals surface area contributed by atoms with Crippen LogP contribution in [0.15, 0.2) is 58.3 Å². The van der Waals surface area contributed by atoms with Crippen molar-refractivity contribution in [2.24, 2.45) is 5.73 Å². The normalized spacial score (nSPS) is 10.4. The largest absolute Gasteiger partial charge is 0.326 e. The summed E-state index contributed by atoms with van der Waals surface area (Å²) in [5.74, 6) is 0. The van der Waals surface area contributed by atoms with Gasteiger partial charge in [-0.2, -0.15) is 0 Å². The van der Waals surface area contributed by atoms with Crippen LogP contribution in [0.1, 0.15) is 5.56 Å². The van der Waals surface area contributed by atoms with Crippen molar-refractivity contribution in [3.63, 3.8) is 0 Å². The van der Waals surface area contributed by atoms with Crippen molar-refractivity contribution in [2.45, 2.75) is 16.3 Å². The molecule has 0 aliphatic heterocycles. The molecular weight excluding hydrogens is 238 g/mol. The van der Waals surface area contributed by atoms with Gasteiger partial charge in [-0.05, 0) is 29.8 Å². The second kappa shape index (κ2) is 5.39. The van der Waals surface area contributed by atoms with Gasteiger partial charge in [-0.25, -0.2) is 0 Å². The van der Waals surface area contributed by atoms with Crippen LogP contribution in [-0.4, -0.2) is 0 Å². The standard InChI is InChI=1S/C13H12ClNS/c14-12-7-4-8-13(11(12)9-15)16-10-5-2-1-3-6-10/h1-8H,9,15H2. The van der Waals surface area contributed by atoms with Crippen LogP contribution < -0.4 is 5.73 Å². The Kier molecular flexibility index (Phi) is 3.88. The van der Waals surface area contributed by atoms with Crippen molar-refractivity contribution < 1.29 is 0 Å². The zero-order chi connectivity index (χ0) is 11.4. The Labute approximate surface area is 105 Å². The summed E-state index contributed by atoms with van der Waals surface area (Å²) in [6, 6.07) is 16.1. The third-order valence-corrected chi connectivity index (χ3v) is 3.72. The van der Waals surface area contributed by atoms with Crippen molar-refractivity contribution in [1.29, 1.82) is 0 Å². The molecule has 0 atom stereocenters. The van der Waals surface area contributed by atoms with E-state index < -0.39 is 0 Å². The highest BCUT2D eigenvalue weighted by molar-refractivity contribution is 7.99. The number of nitrogens with two attached hydrogens (primary N) is 1. The molecule has 0 aromatic heterocycles. The summed E-state index contributed by atoms with van der Waals surface area (Å²) in [7, 11) is 0. The zero-order valence-corrected chi connectivity index (χ0v) is 10.3. The van der Waals surface area contributed by atoms with Crippen molar-refractivity contribution in [1.82, 2.24) is 0 Å². The fourth-order valence-corrected chi connectivity index (χ4v) is 2.77. The second-order valence-corrected chi connectivity index (χ2v) is 4.86. The van der Waals surface area contributed by atoms with E-state index >= 15 is 0 Å². The van der Waals surface area contributed by atoms with Crippen LogP contribution in [0.2, 0.25) is 5.02 Å². The van der Waals surface area contributed by atoms with Gasteiger partial charge in [0.1, 0.15) is 0 Å². The average Bonchev–Trinajstić information content (AvgIpc) is 2.31. The van der Waals surface area contributed by atoms with Gasteiger partial charge in [0.05, 0.1) is 0 Å². The first-order chi connectivity index (χ1) is 7.81. The maximum absolute atomic E-state index is 6.10. The highest BCUT2D eigenvalue weighted by atomic mass is 35.5. The van der Waals surface area contributed by atoms with E-state index in [9.17, 15) is 0 Å². The summed E-state index contributed by atoms with van der Waals surface area (Å²) in [6.45, 7) is 0.467. The Balaban J connectivity index is 2.31. The van der Waals surface area contributed by atoms with Gasteiger partial charge in [0.25, 0.3) is 0 Å². The average molecular weight is 250 g/mol. The van der Waals surface area contributed by atoms with E-state index in [-0.39, 0.29) is 0 Å². The van der Waals surface area contributed by atoms with Gasteiger partial charge >= 0.3 is 0 Å². The predicted octanol–water partition coefficient (Wildman–Crippen LogP) is 3.95. The summed E-state index contributed by atoms with van der Waals surface area (Å²) in [5, 5.41) is 0.739.